The quantitative estimate of drug-likeness (QED) is 0.562. The van der Waals surface area contributed by atoms with E-state index in [1.807, 2.05) is 0 Å². The Balaban J connectivity index is 2.65. The molecule has 1 rings (SSSR count). The second kappa shape index (κ2) is 6.77. The topological polar surface area (TPSA) is 18.5 Å². The van der Waals surface area contributed by atoms with Crippen molar-refractivity contribution in [3.63, 3.8) is 0 Å². The number of benzene rings is 1. The normalized spacial score (nSPS) is 10.5. The molecule has 0 aliphatic rings. The number of halogens is 1. The summed E-state index contributed by atoms with van der Waals surface area (Å²) in [5.74, 6) is 1.52. The fourth-order valence-corrected chi connectivity index (χ4v) is 1.88. The Morgan fingerprint density at radius 1 is 1.12 bits per heavy atom. The van der Waals surface area contributed by atoms with Crippen LogP contribution in [0.2, 0.25) is 0 Å². The molecule has 0 aliphatic heterocycles. The molecule has 0 atom stereocenters. The third-order valence-electron chi connectivity index (χ3n) is 2.41. The van der Waals surface area contributed by atoms with Crippen LogP contribution in [-0.4, -0.2) is 20.3 Å². The van der Waals surface area contributed by atoms with Gasteiger partial charge in [0.25, 0.3) is 0 Å². The summed E-state index contributed by atoms with van der Waals surface area (Å²) in [6, 6.07) is 4.15. The summed E-state index contributed by atoms with van der Waals surface area (Å²) in [5.41, 5.74) is 3.43. The number of hydrogen-bond donors (Lipinski definition) is 0. The number of hydrogen-bond acceptors (Lipinski definition) is 2. The second-order valence-electron chi connectivity index (χ2n) is 3.89. The first-order chi connectivity index (χ1) is 7.69. The van der Waals surface area contributed by atoms with Gasteiger partial charge in [-0.05, 0) is 30.5 Å². The maximum atomic E-state index is 5.81. The van der Waals surface area contributed by atoms with Crippen molar-refractivity contribution in [3.05, 3.63) is 28.8 Å². The van der Waals surface area contributed by atoms with Gasteiger partial charge in [0.05, 0.1) is 6.61 Å². The summed E-state index contributed by atoms with van der Waals surface area (Å²) >= 11 is 5.81. The van der Waals surface area contributed by atoms with Gasteiger partial charge in [0, 0.05) is 26.0 Å². The number of rotatable bonds is 6. The molecule has 0 spiro atoms. The van der Waals surface area contributed by atoms with Crippen molar-refractivity contribution in [1.29, 1.82) is 0 Å². The summed E-state index contributed by atoms with van der Waals surface area (Å²) in [4.78, 5) is 0. The van der Waals surface area contributed by atoms with E-state index in [0.29, 0.717) is 12.5 Å². The number of ether oxygens (including phenoxy) is 2. The number of alkyl halides is 1. The van der Waals surface area contributed by atoms with Crippen molar-refractivity contribution in [2.75, 3.05) is 20.3 Å². The van der Waals surface area contributed by atoms with Crippen LogP contribution < -0.4 is 4.74 Å². The smallest absolute Gasteiger partial charge is 0.125 e. The zero-order valence-electron chi connectivity index (χ0n) is 10.2. The minimum Gasteiger partial charge on any atom is -0.493 e. The van der Waals surface area contributed by atoms with Gasteiger partial charge in [-0.1, -0.05) is 12.1 Å². The van der Waals surface area contributed by atoms with Crippen LogP contribution in [0.5, 0.6) is 5.75 Å². The molecule has 0 radical (unpaired) electrons. The Bertz CT molecular complexity index is 314. The molecule has 0 amide bonds. The van der Waals surface area contributed by atoms with Crippen LogP contribution in [-0.2, 0) is 10.6 Å². The van der Waals surface area contributed by atoms with Crippen LogP contribution in [0.25, 0.3) is 0 Å². The fraction of sp³-hybridized carbons (Fsp3) is 0.538. The van der Waals surface area contributed by atoms with Gasteiger partial charge < -0.3 is 9.47 Å². The molecule has 2 nitrogen and oxygen atoms in total. The molecule has 0 aromatic heterocycles. The highest BCUT2D eigenvalue weighted by molar-refractivity contribution is 6.17. The van der Waals surface area contributed by atoms with Gasteiger partial charge in [0.15, 0.2) is 0 Å². The zero-order chi connectivity index (χ0) is 12.0. The van der Waals surface area contributed by atoms with E-state index >= 15 is 0 Å². The Labute approximate surface area is 103 Å². The highest BCUT2D eigenvalue weighted by atomic mass is 35.5. The summed E-state index contributed by atoms with van der Waals surface area (Å²) in [5, 5.41) is 0. The van der Waals surface area contributed by atoms with Crippen LogP contribution in [0.4, 0.5) is 0 Å². The van der Waals surface area contributed by atoms with E-state index in [1.165, 1.54) is 0 Å². The average molecular weight is 243 g/mol. The first-order valence-corrected chi connectivity index (χ1v) is 6.00. The van der Waals surface area contributed by atoms with E-state index in [9.17, 15) is 0 Å². The van der Waals surface area contributed by atoms with Gasteiger partial charge in [0.2, 0.25) is 0 Å². The molecule has 0 N–H and O–H groups in total. The van der Waals surface area contributed by atoms with Crippen LogP contribution >= 0.6 is 11.6 Å². The lowest BCUT2D eigenvalue weighted by atomic mass is 10.1. The molecule has 0 saturated heterocycles. The first-order valence-electron chi connectivity index (χ1n) is 5.47. The SMILES string of the molecule is COCCCOc1c(C)cc(CCl)cc1C. The lowest BCUT2D eigenvalue weighted by Crippen LogP contribution is -2.04. The van der Waals surface area contributed by atoms with E-state index in [-0.39, 0.29) is 0 Å². The third-order valence-corrected chi connectivity index (χ3v) is 2.72. The molecule has 0 aliphatic carbocycles. The minimum absolute atomic E-state index is 0.547. The predicted molar refractivity (Wildman–Crippen MR) is 67.5 cm³/mol. The Morgan fingerprint density at radius 3 is 2.25 bits per heavy atom. The van der Waals surface area contributed by atoms with E-state index < -0.39 is 0 Å². The number of aryl methyl sites for hydroxylation is 2. The van der Waals surface area contributed by atoms with Crippen molar-refractivity contribution in [1.82, 2.24) is 0 Å². The van der Waals surface area contributed by atoms with Gasteiger partial charge >= 0.3 is 0 Å². The van der Waals surface area contributed by atoms with Crippen molar-refractivity contribution in [3.8, 4) is 5.75 Å². The van der Waals surface area contributed by atoms with Gasteiger partial charge in [-0.15, -0.1) is 11.6 Å². The van der Waals surface area contributed by atoms with Crippen LogP contribution in [0.1, 0.15) is 23.1 Å². The maximum absolute atomic E-state index is 5.81. The van der Waals surface area contributed by atoms with Gasteiger partial charge in [-0.3, -0.25) is 0 Å². The molecule has 0 saturated carbocycles. The molecule has 0 bridgehead atoms. The molecule has 0 fully saturated rings. The minimum atomic E-state index is 0.547. The van der Waals surface area contributed by atoms with E-state index in [2.05, 4.69) is 26.0 Å². The standard InChI is InChI=1S/C13H19ClO2/c1-10-7-12(9-14)8-11(2)13(10)16-6-4-5-15-3/h7-8H,4-6,9H2,1-3H3. The van der Waals surface area contributed by atoms with Gasteiger partial charge in [-0.2, -0.15) is 0 Å². The molecular weight excluding hydrogens is 224 g/mol. The van der Waals surface area contributed by atoms with E-state index in [0.717, 1.165) is 35.5 Å². The van der Waals surface area contributed by atoms with Crippen molar-refractivity contribution in [2.24, 2.45) is 0 Å². The molecule has 16 heavy (non-hydrogen) atoms. The summed E-state index contributed by atoms with van der Waals surface area (Å²) in [7, 11) is 1.70. The predicted octanol–water partition coefficient (Wildman–Crippen LogP) is 3.46. The second-order valence-corrected chi connectivity index (χ2v) is 4.15. The molecule has 0 unspecified atom stereocenters. The van der Waals surface area contributed by atoms with Crippen LogP contribution in [0, 0.1) is 13.8 Å². The largest absolute Gasteiger partial charge is 0.493 e. The van der Waals surface area contributed by atoms with E-state index in [4.69, 9.17) is 21.1 Å². The molecule has 90 valence electrons. The van der Waals surface area contributed by atoms with Crippen molar-refractivity contribution in [2.45, 2.75) is 26.1 Å². The van der Waals surface area contributed by atoms with Gasteiger partial charge in [-0.25, -0.2) is 0 Å². The highest BCUT2D eigenvalue weighted by Gasteiger charge is 2.05. The van der Waals surface area contributed by atoms with Crippen molar-refractivity contribution < 1.29 is 9.47 Å². The molecule has 3 heteroatoms. The molecular formula is C13H19ClO2. The third kappa shape index (κ3) is 3.69. The average Bonchev–Trinajstić information content (AvgIpc) is 2.26. The highest BCUT2D eigenvalue weighted by Crippen LogP contribution is 2.25. The maximum Gasteiger partial charge on any atom is 0.125 e. The molecule has 1 aromatic carbocycles. The van der Waals surface area contributed by atoms with Crippen LogP contribution in [0.15, 0.2) is 12.1 Å². The Hall–Kier alpha value is -0.730. The Kier molecular flexibility index (Phi) is 5.64. The van der Waals surface area contributed by atoms with Gasteiger partial charge in [0.1, 0.15) is 5.75 Å². The zero-order valence-corrected chi connectivity index (χ0v) is 10.9. The Morgan fingerprint density at radius 2 is 1.75 bits per heavy atom. The lowest BCUT2D eigenvalue weighted by Gasteiger charge is -2.13. The summed E-state index contributed by atoms with van der Waals surface area (Å²) < 4.78 is 10.7. The fourth-order valence-electron chi connectivity index (χ4n) is 1.72. The van der Waals surface area contributed by atoms with E-state index in [1.54, 1.807) is 7.11 Å². The first kappa shape index (κ1) is 13.3. The molecule has 0 heterocycles. The monoisotopic (exact) mass is 242 g/mol. The van der Waals surface area contributed by atoms with Crippen molar-refractivity contribution >= 4 is 11.6 Å². The van der Waals surface area contributed by atoms with Crippen LogP contribution in [0.3, 0.4) is 0 Å². The molecule has 1 aromatic rings. The summed E-state index contributed by atoms with van der Waals surface area (Å²) in [6.45, 7) is 5.52. The number of methoxy groups -OCH3 is 1. The lowest BCUT2D eigenvalue weighted by molar-refractivity contribution is 0.171. The summed E-state index contributed by atoms with van der Waals surface area (Å²) in [6.07, 6.45) is 0.909.